The number of ether oxygens (including phenoxy) is 1. The number of aliphatic hydroxyl groups is 1. The van der Waals surface area contributed by atoms with Crippen molar-refractivity contribution < 1.29 is 18.6 Å². The van der Waals surface area contributed by atoms with Crippen molar-refractivity contribution in [1.29, 1.82) is 0 Å². The molecule has 2 aromatic rings. The molecule has 0 aliphatic carbocycles. The largest absolute Gasteiger partial charge is 0.435 e. The fourth-order valence-electron chi connectivity index (χ4n) is 2.32. The lowest BCUT2D eigenvalue weighted by molar-refractivity contribution is -0.0499. The van der Waals surface area contributed by atoms with Crippen LogP contribution in [0.4, 0.5) is 8.78 Å². The van der Waals surface area contributed by atoms with Crippen LogP contribution in [-0.4, -0.2) is 18.3 Å². The van der Waals surface area contributed by atoms with Crippen molar-refractivity contribution >= 4 is 0 Å². The summed E-state index contributed by atoms with van der Waals surface area (Å²) >= 11 is 0. The Morgan fingerprint density at radius 3 is 2.43 bits per heavy atom. The number of aliphatic hydroxyl groups excluding tert-OH is 1. The van der Waals surface area contributed by atoms with Crippen molar-refractivity contribution in [3.05, 3.63) is 65.2 Å². The molecule has 0 fully saturated rings. The molecule has 23 heavy (non-hydrogen) atoms. The third-order valence-corrected chi connectivity index (χ3v) is 3.65. The van der Waals surface area contributed by atoms with Gasteiger partial charge in [-0.25, -0.2) is 0 Å². The Hall–Kier alpha value is -1.98. The first-order chi connectivity index (χ1) is 11.1. The van der Waals surface area contributed by atoms with Crippen LogP contribution in [0.3, 0.4) is 0 Å². The van der Waals surface area contributed by atoms with Crippen molar-refractivity contribution in [1.82, 2.24) is 5.32 Å². The van der Waals surface area contributed by atoms with Gasteiger partial charge in [0.05, 0.1) is 6.61 Å². The van der Waals surface area contributed by atoms with Crippen molar-refractivity contribution in [2.45, 2.75) is 32.6 Å². The maximum Gasteiger partial charge on any atom is 0.387 e. The lowest BCUT2D eigenvalue weighted by Crippen LogP contribution is -2.21. The molecule has 1 unspecified atom stereocenters. The lowest BCUT2D eigenvalue weighted by Gasteiger charge is -2.15. The Morgan fingerprint density at radius 1 is 1.09 bits per heavy atom. The molecule has 2 N–H and O–H groups in total. The van der Waals surface area contributed by atoms with E-state index in [4.69, 9.17) is 5.11 Å². The molecule has 0 amide bonds. The molecule has 5 heteroatoms. The van der Waals surface area contributed by atoms with Crippen LogP contribution in [0.25, 0.3) is 0 Å². The second-order valence-electron chi connectivity index (χ2n) is 5.35. The van der Waals surface area contributed by atoms with Crippen molar-refractivity contribution in [2.75, 3.05) is 6.54 Å². The highest BCUT2D eigenvalue weighted by Crippen LogP contribution is 2.20. The summed E-state index contributed by atoms with van der Waals surface area (Å²) < 4.78 is 28.9. The summed E-state index contributed by atoms with van der Waals surface area (Å²) in [7, 11) is 0. The maximum atomic E-state index is 12.2. The highest BCUT2D eigenvalue weighted by molar-refractivity contribution is 5.30. The molecule has 2 aromatic carbocycles. The fraction of sp³-hybridized carbons (Fsp3) is 0.333. The number of hydrogen-bond acceptors (Lipinski definition) is 3. The zero-order chi connectivity index (χ0) is 16.7. The van der Waals surface area contributed by atoms with Crippen LogP contribution in [-0.2, 0) is 13.0 Å². The summed E-state index contributed by atoms with van der Waals surface area (Å²) in [6, 6.07) is 14.6. The Balaban J connectivity index is 1.85. The average molecular weight is 321 g/mol. The highest BCUT2D eigenvalue weighted by atomic mass is 19.3. The highest BCUT2D eigenvalue weighted by Gasteiger charge is 2.08. The standard InChI is InChI=1S/C18H21F2NO2/c1-13(16-3-2-4-17(11-16)23-18(19)20)21-10-9-14-5-7-15(12-22)8-6-14/h2-8,11,13,18,21-22H,9-10,12H2,1H3. The van der Waals surface area contributed by atoms with E-state index in [9.17, 15) is 8.78 Å². The van der Waals surface area contributed by atoms with E-state index in [1.807, 2.05) is 37.3 Å². The van der Waals surface area contributed by atoms with Crippen molar-refractivity contribution in [3.63, 3.8) is 0 Å². The average Bonchev–Trinajstić information content (AvgIpc) is 2.55. The van der Waals surface area contributed by atoms with Crippen LogP contribution in [0, 0.1) is 0 Å². The molecule has 0 radical (unpaired) electrons. The Morgan fingerprint density at radius 2 is 1.78 bits per heavy atom. The number of halogens is 2. The van der Waals surface area contributed by atoms with Gasteiger partial charge in [0.2, 0.25) is 0 Å². The van der Waals surface area contributed by atoms with E-state index in [0.717, 1.165) is 24.1 Å². The summed E-state index contributed by atoms with van der Waals surface area (Å²) in [6.07, 6.45) is 0.850. The van der Waals surface area contributed by atoms with Crippen molar-refractivity contribution in [2.24, 2.45) is 0 Å². The van der Waals surface area contributed by atoms with Crippen LogP contribution in [0.2, 0.25) is 0 Å². The lowest BCUT2D eigenvalue weighted by atomic mass is 10.1. The molecule has 0 aliphatic rings. The van der Waals surface area contributed by atoms with E-state index in [2.05, 4.69) is 10.1 Å². The van der Waals surface area contributed by atoms with E-state index in [-0.39, 0.29) is 18.4 Å². The van der Waals surface area contributed by atoms with E-state index in [0.29, 0.717) is 0 Å². The van der Waals surface area contributed by atoms with Gasteiger partial charge in [-0.1, -0.05) is 36.4 Å². The van der Waals surface area contributed by atoms with Crippen molar-refractivity contribution in [3.8, 4) is 5.75 Å². The Kier molecular flexibility index (Phi) is 6.50. The maximum absolute atomic E-state index is 12.2. The molecule has 0 bridgehead atoms. The van der Waals surface area contributed by atoms with Gasteiger partial charge in [-0.3, -0.25) is 0 Å². The molecule has 124 valence electrons. The minimum atomic E-state index is -2.81. The minimum Gasteiger partial charge on any atom is -0.435 e. The third kappa shape index (κ3) is 5.62. The molecular weight excluding hydrogens is 300 g/mol. The number of nitrogens with one attached hydrogen (secondary N) is 1. The van der Waals surface area contributed by atoms with E-state index >= 15 is 0 Å². The van der Waals surface area contributed by atoms with Crippen LogP contribution < -0.4 is 10.1 Å². The van der Waals surface area contributed by atoms with Gasteiger partial charge < -0.3 is 15.2 Å². The normalized spacial score (nSPS) is 12.4. The van der Waals surface area contributed by atoms with E-state index < -0.39 is 6.61 Å². The third-order valence-electron chi connectivity index (χ3n) is 3.65. The molecule has 0 spiro atoms. The molecule has 0 saturated heterocycles. The molecule has 3 nitrogen and oxygen atoms in total. The first kappa shape index (κ1) is 17.4. The number of benzene rings is 2. The number of alkyl halides is 2. The van der Waals surface area contributed by atoms with Crippen LogP contribution >= 0.6 is 0 Å². The van der Waals surface area contributed by atoms with Gasteiger partial charge in [-0.2, -0.15) is 8.78 Å². The molecular formula is C18H21F2NO2. The Bertz CT molecular complexity index is 602. The predicted octanol–water partition coefficient (Wildman–Crippen LogP) is 3.67. The summed E-state index contributed by atoms with van der Waals surface area (Å²) in [4.78, 5) is 0. The summed E-state index contributed by atoms with van der Waals surface area (Å²) in [6.45, 7) is -0.0157. The summed E-state index contributed by atoms with van der Waals surface area (Å²) in [5, 5.41) is 12.4. The van der Waals surface area contributed by atoms with Crippen LogP contribution in [0.1, 0.15) is 29.7 Å². The molecule has 1 atom stereocenters. The number of hydrogen-bond donors (Lipinski definition) is 2. The summed E-state index contributed by atoms with van der Waals surface area (Å²) in [5.41, 5.74) is 2.97. The molecule has 0 aromatic heterocycles. The number of rotatable bonds is 8. The van der Waals surface area contributed by atoms with Gasteiger partial charge >= 0.3 is 6.61 Å². The smallest absolute Gasteiger partial charge is 0.387 e. The first-order valence-corrected chi connectivity index (χ1v) is 7.55. The van der Waals surface area contributed by atoms with Gasteiger partial charge in [0.1, 0.15) is 5.75 Å². The zero-order valence-corrected chi connectivity index (χ0v) is 13.0. The van der Waals surface area contributed by atoms with Gasteiger partial charge in [-0.05, 0) is 48.7 Å². The van der Waals surface area contributed by atoms with Gasteiger partial charge in [0.15, 0.2) is 0 Å². The second kappa shape index (κ2) is 8.60. The SMILES string of the molecule is CC(NCCc1ccc(CO)cc1)c1cccc(OC(F)F)c1. The Labute approximate surface area is 134 Å². The predicted molar refractivity (Wildman–Crippen MR) is 85.6 cm³/mol. The quantitative estimate of drug-likeness (QED) is 0.779. The molecule has 2 rings (SSSR count). The first-order valence-electron chi connectivity index (χ1n) is 7.55. The fourth-order valence-corrected chi connectivity index (χ4v) is 2.32. The van der Waals surface area contributed by atoms with Gasteiger partial charge in [0.25, 0.3) is 0 Å². The monoisotopic (exact) mass is 321 g/mol. The topological polar surface area (TPSA) is 41.5 Å². The second-order valence-corrected chi connectivity index (χ2v) is 5.35. The molecule has 0 saturated carbocycles. The van der Waals surface area contributed by atoms with Crippen LogP contribution in [0.15, 0.2) is 48.5 Å². The van der Waals surface area contributed by atoms with Gasteiger partial charge in [-0.15, -0.1) is 0 Å². The van der Waals surface area contributed by atoms with Gasteiger partial charge in [0, 0.05) is 6.04 Å². The van der Waals surface area contributed by atoms with Crippen LogP contribution in [0.5, 0.6) is 5.75 Å². The molecule has 0 aliphatic heterocycles. The van der Waals surface area contributed by atoms with E-state index in [1.165, 1.54) is 11.6 Å². The molecule has 0 heterocycles. The summed E-state index contributed by atoms with van der Waals surface area (Å²) in [5.74, 6) is 0.172. The zero-order valence-electron chi connectivity index (χ0n) is 13.0. The minimum absolute atomic E-state index is 0.0351. The van der Waals surface area contributed by atoms with E-state index in [1.54, 1.807) is 12.1 Å².